The molecule has 0 aliphatic carbocycles. The minimum absolute atomic E-state index is 0.299. The number of nitrogens with zero attached hydrogens (tertiary/aromatic N) is 2. The van der Waals surface area contributed by atoms with Crippen LogP contribution in [0.4, 0.5) is 5.13 Å². The third kappa shape index (κ3) is 3.03. The minimum atomic E-state index is 0.299. The maximum atomic E-state index is 5.89. The number of benzene rings is 1. The second-order valence-corrected chi connectivity index (χ2v) is 6.09. The van der Waals surface area contributed by atoms with Gasteiger partial charge in [-0.15, -0.1) is 10.2 Å². The van der Waals surface area contributed by atoms with Crippen LogP contribution in [0.3, 0.4) is 0 Å². The summed E-state index contributed by atoms with van der Waals surface area (Å²) >= 11 is 7.34. The molecule has 2 unspecified atom stereocenters. The van der Waals surface area contributed by atoms with Gasteiger partial charge in [-0.25, -0.2) is 0 Å². The molecule has 4 N–H and O–H groups in total. The van der Waals surface area contributed by atoms with Crippen LogP contribution in [0, 0.1) is 0 Å². The van der Waals surface area contributed by atoms with Crippen molar-refractivity contribution >= 4 is 28.1 Å². The number of nitrogens with two attached hydrogens (primary N) is 1. The summed E-state index contributed by atoms with van der Waals surface area (Å²) in [4.78, 5) is 0. The average Bonchev–Trinajstić information content (AvgIpc) is 3.00. The molecule has 2 atom stereocenters. The van der Waals surface area contributed by atoms with E-state index in [4.69, 9.17) is 17.3 Å². The summed E-state index contributed by atoms with van der Waals surface area (Å²) in [5.74, 6) is 0. The molecular weight excluding hydrogens is 282 g/mol. The SMILES string of the molecule is Nc1nnc(CC2CC(c3ccc(Cl)cc3)NN2)s1. The molecule has 5 nitrogen and oxygen atoms in total. The third-order valence-corrected chi connectivity index (χ3v) is 4.18. The van der Waals surface area contributed by atoms with Crippen molar-refractivity contribution in [3.63, 3.8) is 0 Å². The standard InChI is InChI=1S/C12H14ClN5S/c13-8-3-1-7(2-4-8)10-5-9(15-16-10)6-11-17-18-12(14)19-11/h1-4,9-10,15-16H,5-6H2,(H2,14,18). The number of hydrazine groups is 1. The molecule has 1 aromatic heterocycles. The Balaban J connectivity index is 1.62. The Hall–Kier alpha value is -1.21. The van der Waals surface area contributed by atoms with Gasteiger partial charge in [0, 0.05) is 23.5 Å². The first-order valence-corrected chi connectivity index (χ1v) is 7.24. The number of aromatic nitrogens is 2. The molecule has 1 aromatic carbocycles. The summed E-state index contributed by atoms with van der Waals surface area (Å²) in [5, 5.41) is 10.1. The Morgan fingerprint density at radius 3 is 2.74 bits per heavy atom. The van der Waals surface area contributed by atoms with E-state index < -0.39 is 0 Å². The van der Waals surface area contributed by atoms with Gasteiger partial charge in [0.1, 0.15) is 5.01 Å². The quantitative estimate of drug-likeness (QED) is 0.806. The zero-order valence-corrected chi connectivity index (χ0v) is 11.7. The van der Waals surface area contributed by atoms with E-state index in [0.717, 1.165) is 22.9 Å². The molecule has 3 rings (SSSR count). The molecule has 1 aliphatic heterocycles. The van der Waals surface area contributed by atoms with Gasteiger partial charge in [-0.05, 0) is 24.1 Å². The molecule has 2 heterocycles. The summed E-state index contributed by atoms with van der Waals surface area (Å²) in [6, 6.07) is 8.56. The zero-order valence-electron chi connectivity index (χ0n) is 10.1. The summed E-state index contributed by atoms with van der Waals surface area (Å²) in [7, 11) is 0. The van der Waals surface area contributed by atoms with Gasteiger partial charge in [-0.3, -0.25) is 10.9 Å². The Kier molecular flexibility index (Phi) is 3.65. The normalized spacial score (nSPS) is 22.8. The van der Waals surface area contributed by atoms with Crippen molar-refractivity contribution in [2.45, 2.75) is 24.9 Å². The van der Waals surface area contributed by atoms with Gasteiger partial charge in [0.15, 0.2) is 0 Å². The van der Waals surface area contributed by atoms with Crippen LogP contribution in [0.1, 0.15) is 23.0 Å². The smallest absolute Gasteiger partial charge is 0.203 e. The van der Waals surface area contributed by atoms with Gasteiger partial charge in [0.2, 0.25) is 5.13 Å². The van der Waals surface area contributed by atoms with Crippen LogP contribution in [0.15, 0.2) is 24.3 Å². The Labute approximate surface area is 120 Å². The fraction of sp³-hybridized carbons (Fsp3) is 0.333. The maximum Gasteiger partial charge on any atom is 0.203 e. The second-order valence-electron chi connectivity index (χ2n) is 4.56. The Morgan fingerprint density at radius 1 is 1.26 bits per heavy atom. The van der Waals surface area contributed by atoms with E-state index in [1.54, 1.807) is 0 Å². The van der Waals surface area contributed by atoms with Crippen LogP contribution >= 0.6 is 22.9 Å². The van der Waals surface area contributed by atoms with Crippen molar-refractivity contribution in [2.24, 2.45) is 0 Å². The summed E-state index contributed by atoms with van der Waals surface area (Å²) in [6.07, 6.45) is 1.84. The highest BCUT2D eigenvalue weighted by Crippen LogP contribution is 2.25. The molecule has 19 heavy (non-hydrogen) atoms. The van der Waals surface area contributed by atoms with E-state index >= 15 is 0 Å². The van der Waals surface area contributed by atoms with Gasteiger partial charge in [-0.2, -0.15) is 0 Å². The number of halogens is 1. The van der Waals surface area contributed by atoms with Gasteiger partial charge in [0.25, 0.3) is 0 Å². The zero-order chi connectivity index (χ0) is 13.2. The molecule has 1 fully saturated rings. The first-order chi connectivity index (χ1) is 9.20. The monoisotopic (exact) mass is 295 g/mol. The highest BCUT2D eigenvalue weighted by atomic mass is 35.5. The minimum Gasteiger partial charge on any atom is -0.374 e. The molecule has 0 saturated carbocycles. The molecule has 0 amide bonds. The number of hydrogen-bond donors (Lipinski definition) is 3. The van der Waals surface area contributed by atoms with Crippen molar-refractivity contribution in [1.29, 1.82) is 0 Å². The lowest BCUT2D eigenvalue weighted by Crippen LogP contribution is -2.32. The number of anilines is 1. The van der Waals surface area contributed by atoms with E-state index in [0.29, 0.717) is 17.2 Å². The highest BCUT2D eigenvalue weighted by molar-refractivity contribution is 7.15. The molecule has 0 radical (unpaired) electrons. The number of rotatable bonds is 3. The average molecular weight is 296 g/mol. The predicted molar refractivity (Wildman–Crippen MR) is 76.9 cm³/mol. The first kappa shape index (κ1) is 12.8. The summed E-state index contributed by atoms with van der Waals surface area (Å²) in [6.45, 7) is 0. The highest BCUT2D eigenvalue weighted by Gasteiger charge is 2.25. The van der Waals surface area contributed by atoms with Crippen LogP contribution in [0.5, 0.6) is 0 Å². The van der Waals surface area contributed by atoms with Crippen LogP contribution in [-0.4, -0.2) is 16.2 Å². The van der Waals surface area contributed by atoms with E-state index in [-0.39, 0.29) is 0 Å². The van der Waals surface area contributed by atoms with Gasteiger partial charge in [0.05, 0.1) is 0 Å². The van der Waals surface area contributed by atoms with Crippen molar-refractivity contribution in [3.05, 3.63) is 39.9 Å². The lowest BCUT2D eigenvalue weighted by Gasteiger charge is -2.09. The summed E-state index contributed by atoms with van der Waals surface area (Å²) in [5.41, 5.74) is 13.4. The number of hydrogen-bond acceptors (Lipinski definition) is 6. The van der Waals surface area contributed by atoms with E-state index in [1.807, 2.05) is 24.3 Å². The molecule has 100 valence electrons. The molecular formula is C12H14ClN5S. The lowest BCUT2D eigenvalue weighted by molar-refractivity contribution is 0.538. The fourth-order valence-corrected chi connectivity index (χ4v) is 3.04. The second kappa shape index (κ2) is 5.42. The van der Waals surface area contributed by atoms with Gasteiger partial charge < -0.3 is 5.73 Å². The van der Waals surface area contributed by atoms with Crippen LogP contribution in [0.25, 0.3) is 0 Å². The first-order valence-electron chi connectivity index (χ1n) is 6.05. The number of nitrogens with one attached hydrogen (secondary N) is 2. The molecule has 1 aliphatic rings. The molecule has 7 heteroatoms. The van der Waals surface area contributed by atoms with Crippen molar-refractivity contribution in [1.82, 2.24) is 21.0 Å². The van der Waals surface area contributed by atoms with Crippen LogP contribution < -0.4 is 16.6 Å². The summed E-state index contributed by atoms with van der Waals surface area (Å²) < 4.78 is 0. The molecule has 2 aromatic rings. The van der Waals surface area contributed by atoms with Gasteiger partial charge in [-0.1, -0.05) is 35.1 Å². The largest absolute Gasteiger partial charge is 0.374 e. The molecule has 0 spiro atoms. The van der Waals surface area contributed by atoms with E-state index in [9.17, 15) is 0 Å². The van der Waals surface area contributed by atoms with Gasteiger partial charge >= 0.3 is 0 Å². The van der Waals surface area contributed by atoms with Crippen molar-refractivity contribution in [2.75, 3.05) is 5.73 Å². The Bertz CT molecular complexity index is 556. The predicted octanol–water partition coefficient (Wildman–Crippen LogP) is 1.92. The van der Waals surface area contributed by atoms with E-state index in [1.165, 1.54) is 16.9 Å². The molecule has 1 saturated heterocycles. The van der Waals surface area contributed by atoms with Crippen LogP contribution in [0.2, 0.25) is 5.02 Å². The third-order valence-electron chi connectivity index (χ3n) is 3.16. The lowest BCUT2D eigenvalue weighted by atomic mass is 10.0. The molecule has 0 bridgehead atoms. The fourth-order valence-electron chi connectivity index (χ4n) is 2.23. The topological polar surface area (TPSA) is 75.9 Å². The van der Waals surface area contributed by atoms with Crippen molar-refractivity contribution in [3.8, 4) is 0 Å². The Morgan fingerprint density at radius 2 is 2.05 bits per heavy atom. The van der Waals surface area contributed by atoms with Crippen molar-refractivity contribution < 1.29 is 0 Å². The number of nitrogen functional groups attached to an aromatic ring is 1. The van der Waals surface area contributed by atoms with Crippen LogP contribution in [-0.2, 0) is 6.42 Å². The van der Waals surface area contributed by atoms with E-state index in [2.05, 4.69) is 21.0 Å². The maximum absolute atomic E-state index is 5.89.